The van der Waals surface area contributed by atoms with E-state index in [0.29, 0.717) is 30.1 Å². The molecule has 1 amide bonds. The smallest absolute Gasteiger partial charge is 0.276 e. The highest BCUT2D eigenvalue weighted by molar-refractivity contribution is 6.05. The molecule has 0 radical (unpaired) electrons. The van der Waals surface area contributed by atoms with E-state index in [1.54, 1.807) is 29.2 Å². The fourth-order valence-electron chi connectivity index (χ4n) is 3.56. The SMILES string of the molecule is CCN(C(=O)c1cc(-c2cccc(C#N)c2)n[nH]1)c1ccc([C@H]2CNCCO2)cc1. The molecule has 2 heterocycles. The molecule has 1 atom stereocenters. The molecule has 1 saturated heterocycles. The lowest BCUT2D eigenvalue weighted by Crippen LogP contribution is -2.33. The molecule has 0 saturated carbocycles. The third-order valence-corrected chi connectivity index (χ3v) is 5.16. The maximum absolute atomic E-state index is 13.1. The number of ether oxygens (including phenoxy) is 1. The van der Waals surface area contributed by atoms with Crippen molar-refractivity contribution in [3.05, 3.63) is 71.4 Å². The van der Waals surface area contributed by atoms with Crippen LogP contribution in [0.4, 0.5) is 5.69 Å². The lowest BCUT2D eigenvalue weighted by Gasteiger charge is -2.25. The number of benzene rings is 2. The lowest BCUT2D eigenvalue weighted by molar-refractivity contribution is 0.0277. The molecule has 4 rings (SSSR count). The summed E-state index contributed by atoms with van der Waals surface area (Å²) in [5.74, 6) is -0.156. The normalized spacial score (nSPS) is 16.1. The number of nitrogens with one attached hydrogen (secondary N) is 2. The lowest BCUT2D eigenvalue weighted by atomic mass is 10.1. The molecular formula is C23H23N5O2. The summed E-state index contributed by atoms with van der Waals surface area (Å²) < 4.78 is 5.79. The fourth-order valence-corrected chi connectivity index (χ4v) is 3.56. The minimum Gasteiger partial charge on any atom is -0.371 e. The number of nitriles is 1. The molecule has 30 heavy (non-hydrogen) atoms. The van der Waals surface area contributed by atoms with Crippen LogP contribution in [0, 0.1) is 11.3 Å². The molecule has 2 aromatic carbocycles. The summed E-state index contributed by atoms with van der Waals surface area (Å²) in [5, 5.41) is 19.5. The van der Waals surface area contributed by atoms with E-state index < -0.39 is 0 Å². The van der Waals surface area contributed by atoms with E-state index in [1.165, 1.54) is 0 Å². The Morgan fingerprint density at radius 2 is 2.10 bits per heavy atom. The van der Waals surface area contributed by atoms with Crippen molar-refractivity contribution in [2.75, 3.05) is 31.1 Å². The van der Waals surface area contributed by atoms with Gasteiger partial charge >= 0.3 is 0 Å². The average molecular weight is 401 g/mol. The minimum atomic E-state index is -0.156. The number of carbonyl (C=O) groups is 1. The number of carbonyl (C=O) groups excluding carboxylic acids is 1. The van der Waals surface area contributed by atoms with Crippen molar-refractivity contribution in [1.29, 1.82) is 5.26 Å². The number of aromatic amines is 1. The number of amides is 1. The Labute approximate surface area is 175 Å². The van der Waals surface area contributed by atoms with Crippen molar-refractivity contribution >= 4 is 11.6 Å². The van der Waals surface area contributed by atoms with Gasteiger partial charge in [-0.2, -0.15) is 10.4 Å². The molecule has 2 N–H and O–H groups in total. The highest BCUT2D eigenvalue weighted by Crippen LogP contribution is 2.25. The number of rotatable bonds is 5. The first-order chi connectivity index (χ1) is 14.7. The largest absolute Gasteiger partial charge is 0.371 e. The molecule has 1 aromatic heterocycles. The average Bonchev–Trinajstić information content (AvgIpc) is 3.31. The number of morpholine rings is 1. The minimum absolute atomic E-state index is 0.0397. The zero-order chi connectivity index (χ0) is 20.9. The predicted molar refractivity (Wildman–Crippen MR) is 114 cm³/mol. The van der Waals surface area contributed by atoms with Crippen molar-refractivity contribution in [3.63, 3.8) is 0 Å². The van der Waals surface area contributed by atoms with Crippen LogP contribution in [0.3, 0.4) is 0 Å². The molecule has 0 bridgehead atoms. The van der Waals surface area contributed by atoms with Gasteiger partial charge in [-0.25, -0.2) is 0 Å². The Kier molecular flexibility index (Phi) is 5.89. The quantitative estimate of drug-likeness (QED) is 0.684. The fraction of sp³-hybridized carbons (Fsp3) is 0.261. The van der Waals surface area contributed by atoms with E-state index in [2.05, 4.69) is 21.6 Å². The Hall–Kier alpha value is -3.47. The van der Waals surface area contributed by atoms with Gasteiger partial charge in [0.05, 0.1) is 30.0 Å². The summed E-state index contributed by atoms with van der Waals surface area (Å²) in [6.45, 7) is 4.83. The Balaban J connectivity index is 1.53. The van der Waals surface area contributed by atoms with Crippen LogP contribution in [0.15, 0.2) is 54.6 Å². The highest BCUT2D eigenvalue weighted by Gasteiger charge is 2.20. The first-order valence-corrected chi connectivity index (χ1v) is 9.99. The van der Waals surface area contributed by atoms with E-state index in [0.717, 1.165) is 29.9 Å². The molecule has 1 aliphatic heterocycles. The van der Waals surface area contributed by atoms with Gasteiger partial charge in [0.25, 0.3) is 5.91 Å². The molecule has 1 fully saturated rings. The molecule has 3 aromatic rings. The second-order valence-corrected chi connectivity index (χ2v) is 7.06. The van der Waals surface area contributed by atoms with Crippen molar-refractivity contribution < 1.29 is 9.53 Å². The van der Waals surface area contributed by atoms with Crippen LogP contribution in [0.5, 0.6) is 0 Å². The van der Waals surface area contributed by atoms with Gasteiger partial charge in [0, 0.05) is 30.9 Å². The summed E-state index contributed by atoms with van der Waals surface area (Å²) in [6, 6.07) is 18.9. The Bertz CT molecular complexity index is 1060. The van der Waals surface area contributed by atoms with Gasteiger partial charge in [-0.15, -0.1) is 0 Å². The Morgan fingerprint density at radius 1 is 1.27 bits per heavy atom. The summed E-state index contributed by atoms with van der Waals surface area (Å²) in [6.07, 6.45) is 0.0397. The van der Waals surface area contributed by atoms with Gasteiger partial charge in [-0.05, 0) is 42.8 Å². The molecule has 7 heteroatoms. The second kappa shape index (κ2) is 8.91. The Morgan fingerprint density at radius 3 is 2.80 bits per heavy atom. The van der Waals surface area contributed by atoms with Crippen LogP contribution < -0.4 is 10.2 Å². The maximum Gasteiger partial charge on any atom is 0.276 e. The standard InChI is InChI=1S/C23H23N5O2/c1-2-28(19-8-6-17(7-9-19)22-15-25-10-11-30-22)23(29)21-13-20(26-27-21)18-5-3-4-16(12-18)14-24/h3-9,12-13,22,25H,2,10-11,15H2,1H3,(H,26,27)/t22-/m1/s1. The highest BCUT2D eigenvalue weighted by atomic mass is 16.5. The van der Waals surface area contributed by atoms with Crippen molar-refractivity contribution in [3.8, 4) is 17.3 Å². The summed E-state index contributed by atoms with van der Waals surface area (Å²) in [4.78, 5) is 14.8. The number of hydrogen-bond acceptors (Lipinski definition) is 5. The van der Waals surface area contributed by atoms with Gasteiger partial charge in [0.1, 0.15) is 5.69 Å². The second-order valence-electron chi connectivity index (χ2n) is 7.06. The topological polar surface area (TPSA) is 94.0 Å². The van der Waals surface area contributed by atoms with Crippen LogP contribution >= 0.6 is 0 Å². The van der Waals surface area contributed by atoms with Crippen molar-refractivity contribution in [1.82, 2.24) is 15.5 Å². The van der Waals surface area contributed by atoms with E-state index in [-0.39, 0.29) is 12.0 Å². The van der Waals surface area contributed by atoms with Crippen molar-refractivity contribution in [2.24, 2.45) is 0 Å². The number of H-pyrrole nitrogens is 1. The monoisotopic (exact) mass is 401 g/mol. The molecular weight excluding hydrogens is 378 g/mol. The molecule has 0 aliphatic carbocycles. The van der Waals surface area contributed by atoms with E-state index in [1.807, 2.05) is 37.3 Å². The number of hydrogen-bond donors (Lipinski definition) is 2. The number of aromatic nitrogens is 2. The van der Waals surface area contributed by atoms with Crippen molar-refractivity contribution in [2.45, 2.75) is 13.0 Å². The van der Waals surface area contributed by atoms with Gasteiger partial charge < -0.3 is 15.0 Å². The van der Waals surface area contributed by atoms with Crippen LogP contribution in [0.1, 0.15) is 34.6 Å². The van der Waals surface area contributed by atoms with Gasteiger partial charge in [-0.3, -0.25) is 9.89 Å². The van der Waals surface area contributed by atoms with Gasteiger partial charge in [0.15, 0.2) is 0 Å². The van der Waals surface area contributed by atoms with Crippen LogP contribution in [0.2, 0.25) is 0 Å². The zero-order valence-corrected chi connectivity index (χ0v) is 16.8. The van der Waals surface area contributed by atoms with E-state index in [9.17, 15) is 4.79 Å². The molecule has 7 nitrogen and oxygen atoms in total. The van der Waals surface area contributed by atoms with Crippen LogP contribution in [-0.2, 0) is 4.74 Å². The first kappa shape index (κ1) is 19.8. The third-order valence-electron chi connectivity index (χ3n) is 5.16. The molecule has 0 unspecified atom stereocenters. The first-order valence-electron chi connectivity index (χ1n) is 9.99. The molecule has 1 aliphatic rings. The maximum atomic E-state index is 13.1. The van der Waals surface area contributed by atoms with E-state index in [4.69, 9.17) is 10.00 Å². The predicted octanol–water partition coefficient (Wildman–Crippen LogP) is 3.28. The molecule has 0 spiro atoms. The van der Waals surface area contributed by atoms with Crippen LogP contribution in [0.25, 0.3) is 11.3 Å². The summed E-state index contributed by atoms with van der Waals surface area (Å²) in [5.41, 5.74) is 4.28. The zero-order valence-electron chi connectivity index (χ0n) is 16.8. The van der Waals surface area contributed by atoms with Gasteiger partial charge in [-0.1, -0.05) is 24.3 Å². The number of nitrogens with zero attached hydrogens (tertiary/aromatic N) is 3. The summed E-state index contributed by atoms with van der Waals surface area (Å²) >= 11 is 0. The number of anilines is 1. The van der Waals surface area contributed by atoms with Crippen LogP contribution in [-0.4, -0.2) is 42.3 Å². The van der Waals surface area contributed by atoms with Gasteiger partial charge in [0.2, 0.25) is 0 Å². The third kappa shape index (κ3) is 4.10. The molecule has 152 valence electrons. The summed E-state index contributed by atoms with van der Waals surface area (Å²) in [7, 11) is 0. The van der Waals surface area contributed by atoms with E-state index >= 15 is 0 Å².